The van der Waals surface area contributed by atoms with Gasteiger partial charge in [0.15, 0.2) is 0 Å². The molecular weight excluding hydrogens is 200 g/mol. The first-order valence-corrected chi connectivity index (χ1v) is 5.50. The Balaban J connectivity index is 2.27. The van der Waals surface area contributed by atoms with Crippen LogP contribution in [0.4, 0.5) is 5.69 Å². The molecular formula is C13H16N2O. The Morgan fingerprint density at radius 3 is 2.81 bits per heavy atom. The number of morpholine rings is 1. The van der Waals surface area contributed by atoms with E-state index < -0.39 is 0 Å². The number of para-hydroxylation sites is 1. The molecule has 0 unspecified atom stereocenters. The van der Waals surface area contributed by atoms with Crippen molar-refractivity contribution in [3.05, 3.63) is 29.8 Å². The maximum Gasteiger partial charge on any atom is 0.101 e. The quantitative estimate of drug-likeness (QED) is 0.722. The number of nitrogens with zero attached hydrogens (tertiary/aromatic N) is 2. The minimum absolute atomic E-state index is 0.138. The molecule has 3 nitrogen and oxygen atoms in total. The minimum Gasteiger partial charge on any atom is -0.372 e. The maximum atomic E-state index is 9.07. The van der Waals surface area contributed by atoms with Crippen molar-refractivity contribution in [3.8, 4) is 6.07 Å². The van der Waals surface area contributed by atoms with Crippen LogP contribution in [0.25, 0.3) is 0 Å². The van der Waals surface area contributed by atoms with Crippen LogP contribution in [0.5, 0.6) is 0 Å². The SMILES string of the molecule is CC1(C)CN(c2ccccc2C#N)CCO1. The zero-order valence-corrected chi connectivity index (χ0v) is 9.73. The molecule has 2 rings (SSSR count). The molecule has 0 radical (unpaired) electrons. The molecule has 0 aromatic heterocycles. The number of benzene rings is 1. The molecule has 16 heavy (non-hydrogen) atoms. The van der Waals surface area contributed by atoms with Gasteiger partial charge in [0.25, 0.3) is 0 Å². The largest absolute Gasteiger partial charge is 0.372 e. The molecule has 1 aliphatic heterocycles. The lowest BCUT2D eigenvalue weighted by molar-refractivity contribution is -0.0277. The van der Waals surface area contributed by atoms with Gasteiger partial charge in [0.2, 0.25) is 0 Å². The van der Waals surface area contributed by atoms with E-state index in [4.69, 9.17) is 10.00 Å². The normalized spacial score (nSPS) is 19.2. The minimum atomic E-state index is -0.138. The Kier molecular flexibility index (Phi) is 2.84. The predicted molar refractivity (Wildman–Crippen MR) is 63.4 cm³/mol. The van der Waals surface area contributed by atoms with E-state index >= 15 is 0 Å². The van der Waals surface area contributed by atoms with E-state index in [0.29, 0.717) is 6.61 Å². The summed E-state index contributed by atoms with van der Waals surface area (Å²) in [4.78, 5) is 2.22. The van der Waals surface area contributed by atoms with Gasteiger partial charge in [0.05, 0.1) is 23.5 Å². The van der Waals surface area contributed by atoms with Gasteiger partial charge in [-0.2, -0.15) is 5.26 Å². The van der Waals surface area contributed by atoms with E-state index in [1.54, 1.807) is 0 Å². The van der Waals surface area contributed by atoms with Crippen molar-refractivity contribution >= 4 is 5.69 Å². The molecule has 1 aromatic carbocycles. The zero-order valence-electron chi connectivity index (χ0n) is 9.73. The fraction of sp³-hybridized carbons (Fsp3) is 0.462. The van der Waals surface area contributed by atoms with Crippen LogP contribution in [0.3, 0.4) is 0 Å². The third-order valence-corrected chi connectivity index (χ3v) is 2.79. The first-order chi connectivity index (χ1) is 7.62. The second-order valence-corrected chi connectivity index (χ2v) is 4.66. The van der Waals surface area contributed by atoms with Crippen molar-refractivity contribution in [3.63, 3.8) is 0 Å². The number of anilines is 1. The van der Waals surface area contributed by atoms with Gasteiger partial charge in [-0.3, -0.25) is 0 Å². The average Bonchev–Trinajstić information content (AvgIpc) is 2.27. The molecule has 0 aliphatic carbocycles. The maximum absolute atomic E-state index is 9.07. The highest BCUT2D eigenvalue weighted by atomic mass is 16.5. The summed E-state index contributed by atoms with van der Waals surface area (Å²) in [5, 5.41) is 9.07. The van der Waals surface area contributed by atoms with Crippen molar-refractivity contribution < 1.29 is 4.74 Å². The summed E-state index contributed by atoms with van der Waals surface area (Å²) in [6.07, 6.45) is 0. The van der Waals surface area contributed by atoms with Crippen molar-refractivity contribution in [2.45, 2.75) is 19.4 Å². The molecule has 84 valence electrons. The molecule has 0 spiro atoms. The van der Waals surface area contributed by atoms with Gasteiger partial charge in [-0.25, -0.2) is 0 Å². The lowest BCUT2D eigenvalue weighted by Crippen LogP contribution is -2.48. The average molecular weight is 216 g/mol. The van der Waals surface area contributed by atoms with Gasteiger partial charge in [-0.05, 0) is 26.0 Å². The van der Waals surface area contributed by atoms with E-state index in [0.717, 1.165) is 24.3 Å². The summed E-state index contributed by atoms with van der Waals surface area (Å²) in [7, 11) is 0. The number of hydrogen-bond donors (Lipinski definition) is 0. The Bertz CT molecular complexity index is 420. The summed E-state index contributed by atoms with van der Waals surface area (Å²) in [6.45, 7) is 6.54. The molecule has 1 aliphatic rings. The number of ether oxygens (including phenoxy) is 1. The van der Waals surface area contributed by atoms with Crippen molar-refractivity contribution in [2.75, 3.05) is 24.6 Å². The molecule has 0 N–H and O–H groups in total. The van der Waals surface area contributed by atoms with E-state index in [1.807, 2.05) is 24.3 Å². The van der Waals surface area contributed by atoms with Crippen LogP contribution in [0.2, 0.25) is 0 Å². The highest BCUT2D eigenvalue weighted by Crippen LogP contribution is 2.25. The number of nitriles is 1. The Labute approximate surface area is 96.2 Å². The van der Waals surface area contributed by atoms with Crippen LogP contribution >= 0.6 is 0 Å². The highest BCUT2D eigenvalue weighted by molar-refractivity contribution is 5.59. The van der Waals surface area contributed by atoms with E-state index in [1.165, 1.54) is 0 Å². The summed E-state index contributed by atoms with van der Waals surface area (Å²) in [5.41, 5.74) is 1.61. The highest BCUT2D eigenvalue weighted by Gasteiger charge is 2.28. The fourth-order valence-corrected chi connectivity index (χ4v) is 2.07. The summed E-state index contributed by atoms with van der Waals surface area (Å²) in [5.74, 6) is 0. The summed E-state index contributed by atoms with van der Waals surface area (Å²) < 4.78 is 5.67. The molecule has 3 heteroatoms. The predicted octanol–water partition coefficient (Wildman–Crippen LogP) is 2.17. The van der Waals surface area contributed by atoms with Gasteiger partial charge in [-0.15, -0.1) is 0 Å². The monoisotopic (exact) mass is 216 g/mol. The van der Waals surface area contributed by atoms with Crippen LogP contribution in [-0.2, 0) is 4.74 Å². The molecule has 0 bridgehead atoms. The molecule has 1 fully saturated rings. The van der Waals surface area contributed by atoms with Gasteiger partial charge < -0.3 is 9.64 Å². The molecule has 1 heterocycles. The van der Waals surface area contributed by atoms with Gasteiger partial charge in [-0.1, -0.05) is 12.1 Å². The van der Waals surface area contributed by atoms with Crippen molar-refractivity contribution in [1.29, 1.82) is 5.26 Å². The fourth-order valence-electron chi connectivity index (χ4n) is 2.07. The first-order valence-electron chi connectivity index (χ1n) is 5.50. The van der Waals surface area contributed by atoms with Crippen LogP contribution in [0.1, 0.15) is 19.4 Å². The molecule has 0 amide bonds. The molecule has 1 aromatic rings. The second kappa shape index (κ2) is 4.15. The van der Waals surface area contributed by atoms with Gasteiger partial charge in [0.1, 0.15) is 6.07 Å². The van der Waals surface area contributed by atoms with Crippen molar-refractivity contribution in [2.24, 2.45) is 0 Å². The third-order valence-electron chi connectivity index (χ3n) is 2.79. The van der Waals surface area contributed by atoms with Crippen LogP contribution < -0.4 is 4.90 Å². The summed E-state index contributed by atoms with van der Waals surface area (Å²) >= 11 is 0. The Hall–Kier alpha value is -1.53. The van der Waals surface area contributed by atoms with Crippen LogP contribution in [0.15, 0.2) is 24.3 Å². The standard InChI is InChI=1S/C13H16N2O/c1-13(2)10-15(7-8-16-13)12-6-4-3-5-11(12)9-14/h3-6H,7-8,10H2,1-2H3. The van der Waals surface area contributed by atoms with Crippen LogP contribution in [-0.4, -0.2) is 25.3 Å². The van der Waals surface area contributed by atoms with Crippen LogP contribution in [0, 0.1) is 11.3 Å². The number of hydrogen-bond acceptors (Lipinski definition) is 3. The zero-order chi connectivity index (χ0) is 11.6. The Morgan fingerprint density at radius 2 is 2.12 bits per heavy atom. The smallest absolute Gasteiger partial charge is 0.101 e. The first kappa shape index (κ1) is 11.0. The van der Waals surface area contributed by atoms with Crippen molar-refractivity contribution in [1.82, 2.24) is 0 Å². The lowest BCUT2D eigenvalue weighted by atomic mass is 10.1. The van der Waals surface area contributed by atoms with E-state index in [2.05, 4.69) is 24.8 Å². The number of rotatable bonds is 1. The van der Waals surface area contributed by atoms with E-state index in [9.17, 15) is 0 Å². The van der Waals surface area contributed by atoms with Gasteiger partial charge >= 0.3 is 0 Å². The lowest BCUT2D eigenvalue weighted by Gasteiger charge is -2.39. The Morgan fingerprint density at radius 1 is 1.38 bits per heavy atom. The second-order valence-electron chi connectivity index (χ2n) is 4.66. The molecule has 1 saturated heterocycles. The van der Waals surface area contributed by atoms with E-state index in [-0.39, 0.29) is 5.60 Å². The topological polar surface area (TPSA) is 36.3 Å². The summed E-state index contributed by atoms with van der Waals surface area (Å²) in [6, 6.07) is 9.96. The van der Waals surface area contributed by atoms with Gasteiger partial charge in [0, 0.05) is 13.1 Å². The molecule has 0 saturated carbocycles. The third kappa shape index (κ3) is 2.17. The molecule has 0 atom stereocenters.